The highest BCUT2D eigenvalue weighted by atomic mass is 19.1. The number of amides is 1. The van der Waals surface area contributed by atoms with Gasteiger partial charge in [-0.15, -0.1) is 0 Å². The van der Waals surface area contributed by atoms with E-state index in [1.165, 1.54) is 12.3 Å². The number of carbonyl (C=O) groups excluding carboxylic acids is 1. The summed E-state index contributed by atoms with van der Waals surface area (Å²) in [6.07, 6.45) is 1.29. The van der Waals surface area contributed by atoms with Gasteiger partial charge in [0.15, 0.2) is 0 Å². The van der Waals surface area contributed by atoms with Crippen LogP contribution in [-0.4, -0.2) is 54.9 Å². The fourth-order valence-corrected chi connectivity index (χ4v) is 1.21. The molecule has 0 unspecified atom stereocenters. The van der Waals surface area contributed by atoms with Gasteiger partial charge in [-0.05, 0) is 20.2 Å². The summed E-state index contributed by atoms with van der Waals surface area (Å²) >= 11 is 0. The third-order valence-electron chi connectivity index (χ3n) is 2.20. The van der Waals surface area contributed by atoms with Crippen molar-refractivity contribution in [1.82, 2.24) is 14.8 Å². The minimum Gasteiger partial charge on any atom is -0.340 e. The molecule has 1 aromatic rings. The zero-order valence-electron chi connectivity index (χ0n) is 9.77. The molecule has 88 valence electrons. The number of pyridine rings is 1. The Hall–Kier alpha value is -1.49. The van der Waals surface area contributed by atoms with Gasteiger partial charge in [0, 0.05) is 38.0 Å². The van der Waals surface area contributed by atoms with E-state index in [-0.39, 0.29) is 5.91 Å². The number of hydrogen-bond acceptors (Lipinski definition) is 3. The highest BCUT2D eigenvalue weighted by Crippen LogP contribution is 2.04. The Bertz CT molecular complexity index is 368. The number of nitrogens with zero attached hydrogens (tertiary/aromatic N) is 3. The molecular weight excluding hydrogens is 209 g/mol. The van der Waals surface area contributed by atoms with Crippen LogP contribution in [0.5, 0.6) is 0 Å². The Morgan fingerprint density at radius 1 is 1.38 bits per heavy atom. The van der Waals surface area contributed by atoms with Crippen LogP contribution >= 0.6 is 0 Å². The van der Waals surface area contributed by atoms with Crippen LogP contribution in [0, 0.1) is 5.95 Å². The summed E-state index contributed by atoms with van der Waals surface area (Å²) in [5, 5.41) is 0. The summed E-state index contributed by atoms with van der Waals surface area (Å²) in [6.45, 7) is 1.38. The first-order valence-electron chi connectivity index (χ1n) is 5.02. The van der Waals surface area contributed by atoms with Gasteiger partial charge in [-0.2, -0.15) is 4.39 Å². The number of aromatic nitrogens is 1. The van der Waals surface area contributed by atoms with Gasteiger partial charge >= 0.3 is 0 Å². The van der Waals surface area contributed by atoms with Crippen LogP contribution in [0.25, 0.3) is 0 Å². The predicted molar refractivity (Wildman–Crippen MR) is 59.7 cm³/mol. The second kappa shape index (κ2) is 5.55. The molecule has 0 aromatic carbocycles. The summed E-state index contributed by atoms with van der Waals surface area (Å²) in [5.41, 5.74) is 0.328. The SMILES string of the molecule is CN(C)CCN(C)C(=O)c1ccnc(F)c1. The second-order valence-corrected chi connectivity index (χ2v) is 3.90. The molecule has 1 aromatic heterocycles. The molecule has 0 saturated heterocycles. The van der Waals surface area contributed by atoms with Crippen molar-refractivity contribution in [3.63, 3.8) is 0 Å². The highest BCUT2D eigenvalue weighted by molar-refractivity contribution is 5.93. The molecule has 0 aliphatic carbocycles. The molecule has 0 fully saturated rings. The molecule has 1 amide bonds. The van der Waals surface area contributed by atoms with E-state index in [0.717, 1.165) is 12.6 Å². The second-order valence-electron chi connectivity index (χ2n) is 3.90. The Kier molecular flexibility index (Phi) is 4.37. The Morgan fingerprint density at radius 2 is 2.06 bits per heavy atom. The fraction of sp³-hybridized carbons (Fsp3) is 0.455. The minimum atomic E-state index is -0.633. The Balaban J connectivity index is 2.63. The van der Waals surface area contributed by atoms with E-state index in [1.807, 2.05) is 19.0 Å². The number of carbonyl (C=O) groups is 1. The molecule has 0 N–H and O–H groups in total. The topological polar surface area (TPSA) is 36.4 Å². The van der Waals surface area contributed by atoms with Gasteiger partial charge in [-0.25, -0.2) is 4.98 Å². The summed E-state index contributed by atoms with van der Waals surface area (Å²) in [5.74, 6) is -0.824. The molecular formula is C11H16FN3O. The molecule has 0 radical (unpaired) electrons. The van der Waals surface area contributed by atoms with E-state index in [0.29, 0.717) is 12.1 Å². The predicted octanol–water partition coefficient (Wildman–Crippen LogP) is 0.854. The minimum absolute atomic E-state index is 0.192. The molecule has 5 heteroatoms. The van der Waals surface area contributed by atoms with Crippen LogP contribution < -0.4 is 0 Å². The lowest BCUT2D eigenvalue weighted by Gasteiger charge is -2.19. The molecule has 0 atom stereocenters. The van der Waals surface area contributed by atoms with Crippen molar-refractivity contribution in [3.8, 4) is 0 Å². The van der Waals surface area contributed by atoms with Gasteiger partial charge in [-0.1, -0.05) is 0 Å². The zero-order valence-corrected chi connectivity index (χ0v) is 9.77. The molecule has 1 heterocycles. The van der Waals surface area contributed by atoms with Crippen molar-refractivity contribution < 1.29 is 9.18 Å². The maximum absolute atomic E-state index is 12.8. The molecule has 0 saturated carbocycles. The lowest BCUT2D eigenvalue weighted by molar-refractivity contribution is 0.0785. The average molecular weight is 225 g/mol. The molecule has 0 spiro atoms. The van der Waals surface area contributed by atoms with E-state index in [2.05, 4.69) is 4.98 Å². The van der Waals surface area contributed by atoms with E-state index in [4.69, 9.17) is 0 Å². The monoisotopic (exact) mass is 225 g/mol. The van der Waals surface area contributed by atoms with Crippen LogP contribution in [0.2, 0.25) is 0 Å². The first-order valence-corrected chi connectivity index (χ1v) is 5.02. The van der Waals surface area contributed by atoms with Crippen molar-refractivity contribution in [1.29, 1.82) is 0 Å². The molecule has 0 aliphatic heterocycles. The normalized spacial score (nSPS) is 10.6. The quantitative estimate of drug-likeness (QED) is 0.713. The fourth-order valence-electron chi connectivity index (χ4n) is 1.21. The van der Waals surface area contributed by atoms with E-state index in [1.54, 1.807) is 11.9 Å². The maximum atomic E-state index is 12.8. The number of halogens is 1. The molecule has 0 aliphatic rings. The molecule has 0 bridgehead atoms. The third kappa shape index (κ3) is 3.58. The van der Waals surface area contributed by atoms with Crippen molar-refractivity contribution in [2.45, 2.75) is 0 Å². The highest BCUT2D eigenvalue weighted by Gasteiger charge is 2.12. The standard InChI is InChI=1S/C11H16FN3O/c1-14(2)6-7-15(3)11(16)9-4-5-13-10(12)8-9/h4-5,8H,6-7H2,1-3H3. The molecule has 4 nitrogen and oxygen atoms in total. The first kappa shape index (κ1) is 12.6. The van der Waals surface area contributed by atoms with Crippen LogP contribution in [0.4, 0.5) is 4.39 Å². The van der Waals surface area contributed by atoms with E-state index >= 15 is 0 Å². The summed E-state index contributed by atoms with van der Waals surface area (Å²) < 4.78 is 12.8. The number of likely N-dealkylation sites (N-methyl/N-ethyl adjacent to an activating group) is 2. The maximum Gasteiger partial charge on any atom is 0.253 e. The average Bonchev–Trinajstić information content (AvgIpc) is 2.24. The van der Waals surface area contributed by atoms with E-state index < -0.39 is 5.95 Å². The van der Waals surface area contributed by atoms with Gasteiger partial charge in [-0.3, -0.25) is 4.79 Å². The van der Waals surface area contributed by atoms with Gasteiger partial charge in [0.25, 0.3) is 5.91 Å². The van der Waals surface area contributed by atoms with Crippen molar-refractivity contribution in [2.24, 2.45) is 0 Å². The van der Waals surface area contributed by atoms with Crippen molar-refractivity contribution in [3.05, 3.63) is 29.8 Å². The van der Waals surface area contributed by atoms with Gasteiger partial charge in [0.2, 0.25) is 5.95 Å². The number of hydrogen-bond donors (Lipinski definition) is 0. The first-order chi connectivity index (χ1) is 7.50. The Morgan fingerprint density at radius 3 is 2.62 bits per heavy atom. The third-order valence-corrected chi connectivity index (χ3v) is 2.20. The van der Waals surface area contributed by atoms with E-state index in [9.17, 15) is 9.18 Å². The van der Waals surface area contributed by atoms with Gasteiger partial charge in [0.05, 0.1) is 0 Å². The largest absolute Gasteiger partial charge is 0.340 e. The van der Waals surface area contributed by atoms with Crippen molar-refractivity contribution in [2.75, 3.05) is 34.2 Å². The Labute approximate surface area is 94.7 Å². The molecule has 1 rings (SSSR count). The van der Waals surface area contributed by atoms with Gasteiger partial charge in [0.1, 0.15) is 0 Å². The summed E-state index contributed by atoms with van der Waals surface area (Å²) in [4.78, 5) is 18.8. The van der Waals surface area contributed by atoms with Crippen LogP contribution in [0.15, 0.2) is 18.3 Å². The molecule has 16 heavy (non-hydrogen) atoms. The van der Waals surface area contributed by atoms with Crippen LogP contribution in [0.1, 0.15) is 10.4 Å². The smallest absolute Gasteiger partial charge is 0.253 e. The summed E-state index contributed by atoms with van der Waals surface area (Å²) in [7, 11) is 5.57. The van der Waals surface area contributed by atoms with Crippen molar-refractivity contribution >= 4 is 5.91 Å². The lowest BCUT2D eigenvalue weighted by atomic mass is 10.2. The van der Waals surface area contributed by atoms with Crippen LogP contribution in [-0.2, 0) is 0 Å². The zero-order chi connectivity index (χ0) is 12.1. The summed E-state index contributed by atoms with van der Waals surface area (Å²) in [6, 6.07) is 2.66. The number of rotatable bonds is 4. The lowest BCUT2D eigenvalue weighted by Crippen LogP contribution is -2.33. The van der Waals surface area contributed by atoms with Gasteiger partial charge < -0.3 is 9.80 Å². The van der Waals surface area contributed by atoms with Crippen LogP contribution in [0.3, 0.4) is 0 Å².